The van der Waals surface area contributed by atoms with E-state index in [-0.39, 0.29) is 0 Å². The highest BCUT2D eigenvalue weighted by Gasteiger charge is 2.17. The molecule has 112 valence electrons. The summed E-state index contributed by atoms with van der Waals surface area (Å²) < 4.78 is 0. The van der Waals surface area contributed by atoms with E-state index in [9.17, 15) is 0 Å². The second kappa shape index (κ2) is 6.88. The number of nitrogens with zero attached hydrogens (tertiary/aromatic N) is 3. The molecule has 0 bridgehead atoms. The van der Waals surface area contributed by atoms with E-state index in [2.05, 4.69) is 46.4 Å². The number of anilines is 2. The molecule has 2 heterocycles. The molecule has 1 aromatic heterocycles. The van der Waals surface area contributed by atoms with E-state index < -0.39 is 0 Å². The average Bonchev–Trinajstić information content (AvgIpc) is 2.43. The number of likely N-dealkylation sites (tertiary alicyclic amines) is 1. The summed E-state index contributed by atoms with van der Waals surface area (Å²) in [5.74, 6) is 3.50. The highest BCUT2D eigenvalue weighted by Crippen LogP contribution is 2.22. The maximum Gasteiger partial charge on any atom is 0.134 e. The monoisotopic (exact) mass is 277 g/mol. The molecule has 0 spiro atoms. The van der Waals surface area contributed by atoms with Crippen molar-refractivity contribution in [3.8, 4) is 0 Å². The van der Waals surface area contributed by atoms with Crippen molar-refractivity contribution in [2.45, 2.75) is 33.6 Å². The van der Waals surface area contributed by atoms with Gasteiger partial charge >= 0.3 is 0 Å². The standard InChI is InChI=1S/C15H27N5/c1-5-16-14-11(2)15(19-12(3)18-14)17-10-13-6-8-20(4)9-7-13/h13H,5-10H2,1-4H3,(H2,16,17,18,19). The van der Waals surface area contributed by atoms with Gasteiger partial charge in [-0.15, -0.1) is 0 Å². The normalized spacial score (nSPS) is 17.2. The summed E-state index contributed by atoms with van der Waals surface area (Å²) in [6, 6.07) is 0. The number of hydrogen-bond acceptors (Lipinski definition) is 5. The van der Waals surface area contributed by atoms with Crippen molar-refractivity contribution in [1.29, 1.82) is 0 Å². The topological polar surface area (TPSA) is 53.1 Å². The number of hydrogen-bond donors (Lipinski definition) is 2. The lowest BCUT2D eigenvalue weighted by molar-refractivity contribution is 0.226. The van der Waals surface area contributed by atoms with Crippen LogP contribution in [0.25, 0.3) is 0 Å². The van der Waals surface area contributed by atoms with Crippen LogP contribution in [0.2, 0.25) is 0 Å². The van der Waals surface area contributed by atoms with Crippen molar-refractivity contribution >= 4 is 11.6 Å². The summed E-state index contributed by atoms with van der Waals surface area (Å²) in [6.07, 6.45) is 2.54. The molecule has 0 unspecified atom stereocenters. The number of aryl methyl sites for hydroxylation is 1. The molecular formula is C15H27N5. The van der Waals surface area contributed by atoms with Gasteiger partial charge in [0.05, 0.1) is 0 Å². The van der Waals surface area contributed by atoms with E-state index in [1.165, 1.54) is 25.9 Å². The van der Waals surface area contributed by atoms with Gasteiger partial charge in [0.15, 0.2) is 0 Å². The van der Waals surface area contributed by atoms with Crippen LogP contribution in [0.1, 0.15) is 31.2 Å². The van der Waals surface area contributed by atoms with Crippen molar-refractivity contribution in [1.82, 2.24) is 14.9 Å². The van der Waals surface area contributed by atoms with Crippen molar-refractivity contribution in [2.24, 2.45) is 5.92 Å². The van der Waals surface area contributed by atoms with Gasteiger partial charge in [0, 0.05) is 18.7 Å². The molecule has 5 heteroatoms. The van der Waals surface area contributed by atoms with Crippen LogP contribution in [-0.4, -0.2) is 48.1 Å². The third-order valence-corrected chi connectivity index (χ3v) is 4.00. The fourth-order valence-corrected chi connectivity index (χ4v) is 2.65. The third-order valence-electron chi connectivity index (χ3n) is 4.00. The zero-order chi connectivity index (χ0) is 14.5. The molecule has 1 saturated heterocycles. The number of rotatable bonds is 5. The van der Waals surface area contributed by atoms with Crippen LogP contribution < -0.4 is 10.6 Å². The fourth-order valence-electron chi connectivity index (χ4n) is 2.65. The van der Waals surface area contributed by atoms with Crippen molar-refractivity contribution < 1.29 is 0 Å². The van der Waals surface area contributed by atoms with E-state index >= 15 is 0 Å². The van der Waals surface area contributed by atoms with Crippen molar-refractivity contribution in [3.63, 3.8) is 0 Å². The highest BCUT2D eigenvalue weighted by molar-refractivity contribution is 5.57. The summed E-state index contributed by atoms with van der Waals surface area (Å²) in [6.45, 7) is 10.4. The minimum atomic E-state index is 0.753. The summed E-state index contributed by atoms with van der Waals surface area (Å²) in [4.78, 5) is 11.4. The van der Waals surface area contributed by atoms with Gasteiger partial charge < -0.3 is 15.5 Å². The molecule has 0 aromatic carbocycles. The molecule has 2 rings (SSSR count). The van der Waals surface area contributed by atoms with E-state index in [0.717, 1.165) is 42.0 Å². The van der Waals surface area contributed by atoms with Gasteiger partial charge in [0.2, 0.25) is 0 Å². The molecule has 0 amide bonds. The Kier molecular flexibility index (Phi) is 5.17. The molecule has 5 nitrogen and oxygen atoms in total. The van der Waals surface area contributed by atoms with E-state index in [1.54, 1.807) is 0 Å². The number of nitrogens with one attached hydrogen (secondary N) is 2. The number of piperidine rings is 1. The summed E-state index contributed by atoms with van der Waals surface area (Å²) in [5, 5.41) is 6.83. The van der Waals surface area contributed by atoms with Gasteiger partial charge in [-0.2, -0.15) is 0 Å². The number of aromatic nitrogens is 2. The predicted octanol–water partition coefficient (Wildman–Crippen LogP) is 2.28. The maximum atomic E-state index is 4.54. The van der Waals surface area contributed by atoms with Crippen LogP contribution in [0.3, 0.4) is 0 Å². The van der Waals surface area contributed by atoms with Gasteiger partial charge in [-0.25, -0.2) is 9.97 Å². The lowest BCUT2D eigenvalue weighted by atomic mass is 9.97. The molecule has 1 fully saturated rings. The van der Waals surface area contributed by atoms with E-state index in [4.69, 9.17) is 0 Å². The Hall–Kier alpha value is -1.36. The van der Waals surface area contributed by atoms with Crippen LogP contribution >= 0.6 is 0 Å². The van der Waals surface area contributed by atoms with Crippen molar-refractivity contribution in [2.75, 3.05) is 43.9 Å². The first-order chi connectivity index (χ1) is 9.60. The first kappa shape index (κ1) is 15.0. The predicted molar refractivity (Wildman–Crippen MR) is 84.4 cm³/mol. The Morgan fingerprint density at radius 3 is 2.30 bits per heavy atom. The first-order valence-electron chi connectivity index (χ1n) is 7.61. The Morgan fingerprint density at radius 2 is 1.70 bits per heavy atom. The second-order valence-electron chi connectivity index (χ2n) is 5.75. The Balaban J connectivity index is 1.98. The van der Waals surface area contributed by atoms with Gasteiger partial charge in [-0.3, -0.25) is 0 Å². The van der Waals surface area contributed by atoms with Crippen LogP contribution in [0.15, 0.2) is 0 Å². The quantitative estimate of drug-likeness (QED) is 0.865. The fraction of sp³-hybridized carbons (Fsp3) is 0.733. The molecule has 0 saturated carbocycles. The van der Waals surface area contributed by atoms with Crippen LogP contribution in [0.5, 0.6) is 0 Å². The Labute approximate surface area is 122 Å². The molecule has 0 radical (unpaired) electrons. The third kappa shape index (κ3) is 3.82. The molecule has 20 heavy (non-hydrogen) atoms. The van der Waals surface area contributed by atoms with E-state index in [1.807, 2.05) is 6.92 Å². The first-order valence-corrected chi connectivity index (χ1v) is 7.61. The summed E-state index contributed by atoms with van der Waals surface area (Å²) >= 11 is 0. The lowest BCUT2D eigenvalue weighted by Gasteiger charge is -2.29. The zero-order valence-corrected chi connectivity index (χ0v) is 13.2. The van der Waals surface area contributed by atoms with Gasteiger partial charge in [-0.05, 0) is 59.7 Å². The highest BCUT2D eigenvalue weighted by atomic mass is 15.1. The Morgan fingerprint density at radius 1 is 1.10 bits per heavy atom. The minimum Gasteiger partial charge on any atom is -0.370 e. The summed E-state index contributed by atoms with van der Waals surface area (Å²) in [5.41, 5.74) is 1.12. The van der Waals surface area contributed by atoms with Crippen LogP contribution in [0, 0.1) is 19.8 Å². The maximum absolute atomic E-state index is 4.54. The van der Waals surface area contributed by atoms with Crippen LogP contribution in [-0.2, 0) is 0 Å². The molecule has 2 N–H and O–H groups in total. The lowest BCUT2D eigenvalue weighted by Crippen LogP contribution is -2.33. The van der Waals surface area contributed by atoms with E-state index in [0.29, 0.717) is 0 Å². The molecular weight excluding hydrogens is 250 g/mol. The second-order valence-corrected chi connectivity index (χ2v) is 5.75. The smallest absolute Gasteiger partial charge is 0.134 e. The summed E-state index contributed by atoms with van der Waals surface area (Å²) in [7, 11) is 2.20. The van der Waals surface area contributed by atoms with Crippen LogP contribution in [0.4, 0.5) is 11.6 Å². The van der Waals surface area contributed by atoms with Gasteiger partial charge in [0.25, 0.3) is 0 Å². The SMILES string of the molecule is CCNc1nc(C)nc(NCC2CCN(C)CC2)c1C. The molecule has 1 aromatic rings. The van der Waals surface area contributed by atoms with Crippen molar-refractivity contribution in [3.05, 3.63) is 11.4 Å². The molecule has 1 aliphatic heterocycles. The van der Waals surface area contributed by atoms with Gasteiger partial charge in [-0.1, -0.05) is 0 Å². The molecule has 1 aliphatic rings. The largest absolute Gasteiger partial charge is 0.370 e. The molecule has 0 atom stereocenters. The Bertz CT molecular complexity index is 438. The molecule has 0 aliphatic carbocycles. The van der Waals surface area contributed by atoms with Gasteiger partial charge in [0.1, 0.15) is 17.5 Å². The zero-order valence-electron chi connectivity index (χ0n) is 13.2. The minimum absolute atomic E-state index is 0.753. The average molecular weight is 277 g/mol.